The summed E-state index contributed by atoms with van der Waals surface area (Å²) in [6.45, 7) is 3.62. The van der Waals surface area contributed by atoms with Crippen LogP contribution in [0.3, 0.4) is 0 Å². The molecule has 2 bridgehead atoms. The fraction of sp³-hybridized carbons (Fsp3) is 1.00. The zero-order valence-electron chi connectivity index (χ0n) is 8.59. The third-order valence-electron chi connectivity index (χ3n) is 3.88. The number of hydrogen-bond acceptors (Lipinski definition) is 1. The van der Waals surface area contributed by atoms with Crippen molar-refractivity contribution in [3.63, 3.8) is 0 Å². The highest BCUT2D eigenvalue weighted by Gasteiger charge is 2.46. The SMILES string of the molecule is CC(C)(N)C(F)C1CC2CCC1C2. The highest BCUT2D eigenvalue weighted by atomic mass is 19.1. The maximum atomic E-state index is 13.9. The number of rotatable bonds is 2. The molecule has 0 aromatic heterocycles. The molecule has 2 heteroatoms. The molecule has 2 rings (SSSR count). The van der Waals surface area contributed by atoms with E-state index in [2.05, 4.69) is 0 Å². The van der Waals surface area contributed by atoms with E-state index in [9.17, 15) is 4.39 Å². The Kier molecular flexibility index (Phi) is 2.14. The van der Waals surface area contributed by atoms with E-state index in [1.54, 1.807) is 0 Å². The predicted octanol–water partition coefficient (Wildman–Crippen LogP) is 2.50. The van der Waals surface area contributed by atoms with Crippen molar-refractivity contribution in [2.45, 2.75) is 51.2 Å². The zero-order chi connectivity index (χ0) is 9.64. The summed E-state index contributed by atoms with van der Waals surface area (Å²) in [6, 6.07) is 0. The molecule has 2 saturated carbocycles. The van der Waals surface area contributed by atoms with Gasteiger partial charge in [-0.2, -0.15) is 0 Å². The van der Waals surface area contributed by atoms with E-state index in [1.807, 2.05) is 13.8 Å². The maximum absolute atomic E-state index is 13.9. The second-order valence-corrected chi connectivity index (χ2v) is 5.56. The third-order valence-corrected chi connectivity index (χ3v) is 3.88. The van der Waals surface area contributed by atoms with Gasteiger partial charge >= 0.3 is 0 Å². The molecule has 0 heterocycles. The van der Waals surface area contributed by atoms with E-state index in [4.69, 9.17) is 5.73 Å². The molecule has 0 aromatic rings. The maximum Gasteiger partial charge on any atom is 0.120 e. The van der Waals surface area contributed by atoms with Crippen LogP contribution in [0.15, 0.2) is 0 Å². The molecule has 0 aromatic carbocycles. The van der Waals surface area contributed by atoms with E-state index >= 15 is 0 Å². The molecule has 76 valence electrons. The van der Waals surface area contributed by atoms with Gasteiger partial charge in [0, 0.05) is 5.54 Å². The standard InChI is InChI=1S/C11H20FN/c1-11(2,13)10(12)9-6-7-3-4-8(9)5-7/h7-10H,3-6,13H2,1-2H3. The van der Waals surface area contributed by atoms with Gasteiger partial charge in [0.15, 0.2) is 0 Å². The molecule has 0 spiro atoms. The van der Waals surface area contributed by atoms with Crippen LogP contribution in [0, 0.1) is 17.8 Å². The van der Waals surface area contributed by atoms with Crippen molar-refractivity contribution in [2.24, 2.45) is 23.5 Å². The minimum atomic E-state index is -0.803. The summed E-state index contributed by atoms with van der Waals surface area (Å²) in [7, 11) is 0. The number of nitrogens with two attached hydrogens (primary N) is 1. The lowest BCUT2D eigenvalue weighted by atomic mass is 9.79. The van der Waals surface area contributed by atoms with Crippen molar-refractivity contribution in [3.8, 4) is 0 Å². The fourth-order valence-electron chi connectivity index (χ4n) is 3.20. The first-order chi connectivity index (χ1) is 5.98. The van der Waals surface area contributed by atoms with Crippen LogP contribution in [0.2, 0.25) is 0 Å². The quantitative estimate of drug-likeness (QED) is 0.702. The Labute approximate surface area is 79.9 Å². The largest absolute Gasteiger partial charge is 0.323 e. The molecule has 2 N–H and O–H groups in total. The Morgan fingerprint density at radius 3 is 2.38 bits per heavy atom. The number of halogens is 1. The van der Waals surface area contributed by atoms with Crippen molar-refractivity contribution < 1.29 is 4.39 Å². The van der Waals surface area contributed by atoms with Crippen molar-refractivity contribution >= 4 is 0 Å². The van der Waals surface area contributed by atoms with E-state index in [-0.39, 0.29) is 5.92 Å². The Morgan fingerprint density at radius 2 is 2.00 bits per heavy atom. The minimum Gasteiger partial charge on any atom is -0.323 e. The molecule has 0 aliphatic heterocycles. The van der Waals surface area contributed by atoms with Crippen LogP contribution in [0.25, 0.3) is 0 Å². The molecule has 4 unspecified atom stereocenters. The summed E-state index contributed by atoms with van der Waals surface area (Å²) < 4.78 is 13.9. The molecular weight excluding hydrogens is 165 g/mol. The van der Waals surface area contributed by atoms with Crippen LogP contribution in [-0.2, 0) is 0 Å². The van der Waals surface area contributed by atoms with Crippen LogP contribution < -0.4 is 5.73 Å². The van der Waals surface area contributed by atoms with Crippen molar-refractivity contribution in [2.75, 3.05) is 0 Å². The van der Waals surface area contributed by atoms with Gasteiger partial charge in [-0.3, -0.25) is 0 Å². The van der Waals surface area contributed by atoms with Gasteiger partial charge in [0.1, 0.15) is 6.17 Å². The predicted molar refractivity (Wildman–Crippen MR) is 52.1 cm³/mol. The lowest BCUT2D eigenvalue weighted by Gasteiger charge is -2.33. The van der Waals surface area contributed by atoms with Gasteiger partial charge in [0.2, 0.25) is 0 Å². The molecular formula is C11H20FN. The molecule has 0 radical (unpaired) electrons. The molecule has 2 fully saturated rings. The van der Waals surface area contributed by atoms with Gasteiger partial charge in [-0.15, -0.1) is 0 Å². The topological polar surface area (TPSA) is 26.0 Å². The van der Waals surface area contributed by atoms with Gasteiger partial charge in [-0.05, 0) is 50.9 Å². The third kappa shape index (κ3) is 1.61. The average molecular weight is 185 g/mol. The fourth-order valence-corrected chi connectivity index (χ4v) is 3.20. The van der Waals surface area contributed by atoms with Gasteiger partial charge in [0.25, 0.3) is 0 Å². The normalized spacial score (nSPS) is 41.1. The van der Waals surface area contributed by atoms with Gasteiger partial charge in [-0.25, -0.2) is 4.39 Å². The van der Waals surface area contributed by atoms with E-state index in [0.717, 1.165) is 12.3 Å². The molecule has 2 aliphatic carbocycles. The second kappa shape index (κ2) is 2.94. The van der Waals surface area contributed by atoms with E-state index in [0.29, 0.717) is 5.92 Å². The summed E-state index contributed by atoms with van der Waals surface area (Å²) in [4.78, 5) is 0. The Balaban J connectivity index is 2.02. The van der Waals surface area contributed by atoms with E-state index < -0.39 is 11.7 Å². The lowest BCUT2D eigenvalue weighted by Crippen LogP contribution is -2.47. The summed E-state index contributed by atoms with van der Waals surface area (Å²) in [5.74, 6) is 1.72. The molecule has 2 aliphatic rings. The van der Waals surface area contributed by atoms with Crippen molar-refractivity contribution in [1.29, 1.82) is 0 Å². The molecule has 0 amide bonds. The van der Waals surface area contributed by atoms with Crippen molar-refractivity contribution in [3.05, 3.63) is 0 Å². The summed E-state index contributed by atoms with van der Waals surface area (Å²) >= 11 is 0. The summed E-state index contributed by atoms with van der Waals surface area (Å²) in [5, 5.41) is 0. The minimum absolute atomic E-state index is 0.263. The first-order valence-electron chi connectivity index (χ1n) is 5.41. The van der Waals surface area contributed by atoms with Crippen LogP contribution in [0.4, 0.5) is 4.39 Å². The Hall–Kier alpha value is -0.110. The van der Waals surface area contributed by atoms with Crippen molar-refractivity contribution in [1.82, 2.24) is 0 Å². The smallest absolute Gasteiger partial charge is 0.120 e. The number of fused-ring (bicyclic) bond motifs is 2. The summed E-state index contributed by atoms with van der Waals surface area (Å²) in [5.41, 5.74) is 5.17. The van der Waals surface area contributed by atoms with Crippen LogP contribution >= 0.6 is 0 Å². The van der Waals surface area contributed by atoms with E-state index in [1.165, 1.54) is 19.3 Å². The highest BCUT2D eigenvalue weighted by molar-refractivity contribution is 4.98. The lowest BCUT2D eigenvalue weighted by molar-refractivity contribution is 0.103. The monoisotopic (exact) mass is 185 g/mol. The molecule has 4 atom stereocenters. The highest BCUT2D eigenvalue weighted by Crippen LogP contribution is 2.51. The van der Waals surface area contributed by atoms with Gasteiger partial charge in [-0.1, -0.05) is 6.42 Å². The number of alkyl halides is 1. The Morgan fingerprint density at radius 1 is 1.31 bits per heavy atom. The Bertz CT molecular complexity index is 197. The van der Waals surface area contributed by atoms with Crippen LogP contribution in [0.5, 0.6) is 0 Å². The van der Waals surface area contributed by atoms with Crippen LogP contribution in [0.1, 0.15) is 39.5 Å². The van der Waals surface area contributed by atoms with Crippen LogP contribution in [-0.4, -0.2) is 11.7 Å². The zero-order valence-corrected chi connectivity index (χ0v) is 8.59. The van der Waals surface area contributed by atoms with Gasteiger partial charge in [0.05, 0.1) is 0 Å². The first-order valence-corrected chi connectivity index (χ1v) is 5.41. The number of hydrogen-bond donors (Lipinski definition) is 1. The first kappa shape index (κ1) is 9.45. The summed E-state index contributed by atoms with van der Waals surface area (Å²) in [6.07, 6.45) is 4.13. The average Bonchev–Trinajstić information content (AvgIpc) is 2.60. The molecule has 0 saturated heterocycles. The van der Waals surface area contributed by atoms with Gasteiger partial charge < -0.3 is 5.73 Å². The second-order valence-electron chi connectivity index (χ2n) is 5.56. The molecule has 1 nitrogen and oxygen atoms in total. The molecule has 13 heavy (non-hydrogen) atoms.